The fourth-order valence-corrected chi connectivity index (χ4v) is 4.29. The average molecular weight is 259 g/mol. The zero-order chi connectivity index (χ0) is 12.9. The monoisotopic (exact) mass is 259 g/mol. The van der Waals surface area contributed by atoms with Crippen LogP contribution in [0.4, 0.5) is 5.69 Å². The predicted molar refractivity (Wildman–Crippen MR) is 78.7 cm³/mol. The summed E-state index contributed by atoms with van der Waals surface area (Å²) in [5.74, 6) is 0. The van der Waals surface area contributed by atoms with Gasteiger partial charge in [0.05, 0.1) is 5.69 Å². The van der Waals surface area contributed by atoms with Gasteiger partial charge in [0.2, 0.25) is 0 Å². The molecule has 0 radical (unpaired) electrons. The Bertz CT molecular complexity index is 691. The standard InChI is InChI=1S/C15H17NOS/c1-10-8-13-12-6-4-5-7-15(12)18(3,17)16-14(13)9-11(10)2/h4-9,18H,1-3H3,(H,16,17). The molecule has 0 saturated carbocycles. The molecule has 2 aromatic carbocycles. The van der Waals surface area contributed by atoms with Gasteiger partial charge in [-0.1, -0.05) is 18.2 Å². The zero-order valence-electron chi connectivity index (χ0n) is 10.8. The highest BCUT2D eigenvalue weighted by Crippen LogP contribution is 2.41. The van der Waals surface area contributed by atoms with Crippen LogP contribution in [0.1, 0.15) is 11.1 Å². The lowest BCUT2D eigenvalue weighted by Gasteiger charge is -2.32. The Labute approximate surface area is 109 Å². The van der Waals surface area contributed by atoms with Crippen molar-refractivity contribution in [3.8, 4) is 11.1 Å². The number of hydrogen-bond donors (Lipinski definition) is 2. The van der Waals surface area contributed by atoms with Crippen LogP contribution in [-0.2, 0) is 10.1 Å². The van der Waals surface area contributed by atoms with Crippen molar-refractivity contribution in [2.24, 2.45) is 0 Å². The summed E-state index contributed by atoms with van der Waals surface area (Å²) in [6.07, 6.45) is 1.80. The molecule has 0 unspecified atom stereocenters. The Kier molecular flexibility index (Phi) is 2.35. The Morgan fingerprint density at radius 3 is 2.44 bits per heavy atom. The highest BCUT2D eigenvalue weighted by atomic mass is 32.3. The van der Waals surface area contributed by atoms with Gasteiger partial charge in [-0.2, -0.15) is 0 Å². The van der Waals surface area contributed by atoms with E-state index >= 15 is 0 Å². The summed E-state index contributed by atoms with van der Waals surface area (Å²) in [4.78, 5) is 0.931. The molecule has 0 bridgehead atoms. The largest absolute Gasteiger partial charge is 0.323 e. The molecule has 0 atom stereocenters. The normalized spacial score (nSPS) is 17.3. The van der Waals surface area contributed by atoms with Gasteiger partial charge < -0.3 is 4.72 Å². The molecule has 1 aliphatic heterocycles. The molecule has 0 aliphatic carbocycles. The molecule has 3 rings (SSSR count). The van der Waals surface area contributed by atoms with Crippen LogP contribution in [0.5, 0.6) is 0 Å². The number of nitrogens with one attached hydrogen (secondary N) is 1. The number of hydrogen-bond acceptors (Lipinski definition) is 1. The second-order valence-corrected chi connectivity index (χ2v) is 7.59. The quantitative estimate of drug-likeness (QED) is 0.698. The van der Waals surface area contributed by atoms with Gasteiger partial charge in [-0.05, 0) is 58.9 Å². The SMILES string of the molecule is Cc1cc2c(cc1C)-c1ccccc1[SH](C)(=O)N2. The topological polar surface area (TPSA) is 29.1 Å². The summed E-state index contributed by atoms with van der Waals surface area (Å²) < 4.78 is 15.9. The van der Waals surface area contributed by atoms with Gasteiger partial charge in [0.15, 0.2) is 0 Å². The molecule has 2 nitrogen and oxygen atoms in total. The van der Waals surface area contributed by atoms with E-state index in [4.69, 9.17) is 0 Å². The fraction of sp³-hybridized carbons (Fsp3) is 0.200. The molecule has 0 aromatic heterocycles. The Balaban J connectivity index is 2.37. The van der Waals surface area contributed by atoms with E-state index in [1.54, 1.807) is 6.26 Å². The van der Waals surface area contributed by atoms with Crippen LogP contribution in [0.15, 0.2) is 41.3 Å². The lowest BCUT2D eigenvalue weighted by Crippen LogP contribution is -2.25. The summed E-state index contributed by atoms with van der Waals surface area (Å²) in [6, 6.07) is 12.2. The maximum Gasteiger partial charge on any atom is 0.0528 e. The van der Waals surface area contributed by atoms with Crippen LogP contribution in [0.2, 0.25) is 0 Å². The van der Waals surface area contributed by atoms with Crippen molar-refractivity contribution in [2.75, 3.05) is 11.0 Å². The molecule has 0 fully saturated rings. The van der Waals surface area contributed by atoms with Gasteiger partial charge in [0, 0.05) is 16.7 Å². The number of anilines is 1. The molecular weight excluding hydrogens is 242 g/mol. The van der Waals surface area contributed by atoms with Gasteiger partial charge in [0.25, 0.3) is 0 Å². The van der Waals surface area contributed by atoms with Gasteiger partial charge in [0.1, 0.15) is 0 Å². The first-order valence-electron chi connectivity index (χ1n) is 6.06. The van der Waals surface area contributed by atoms with Crippen molar-refractivity contribution in [1.29, 1.82) is 0 Å². The van der Waals surface area contributed by atoms with Crippen LogP contribution < -0.4 is 4.72 Å². The first-order valence-corrected chi connectivity index (χ1v) is 8.21. The van der Waals surface area contributed by atoms with E-state index in [-0.39, 0.29) is 0 Å². The van der Waals surface area contributed by atoms with Crippen molar-refractivity contribution in [1.82, 2.24) is 0 Å². The van der Waals surface area contributed by atoms with Crippen LogP contribution in [-0.4, -0.2) is 10.5 Å². The second kappa shape index (κ2) is 3.69. The molecule has 18 heavy (non-hydrogen) atoms. The van der Waals surface area contributed by atoms with Crippen LogP contribution in [0, 0.1) is 13.8 Å². The van der Waals surface area contributed by atoms with E-state index in [1.165, 1.54) is 11.1 Å². The number of aryl methyl sites for hydroxylation is 2. The molecule has 1 heterocycles. The number of rotatable bonds is 0. The van der Waals surface area contributed by atoms with E-state index in [1.807, 2.05) is 18.2 Å². The Morgan fingerprint density at radius 1 is 1.00 bits per heavy atom. The van der Waals surface area contributed by atoms with Gasteiger partial charge in [-0.25, -0.2) is 0 Å². The third kappa shape index (κ3) is 1.58. The lowest BCUT2D eigenvalue weighted by molar-refractivity contribution is 0.678. The number of thiol groups is 1. The Hall–Kier alpha value is -1.61. The molecule has 94 valence electrons. The summed E-state index contributed by atoms with van der Waals surface area (Å²) in [5, 5.41) is 0. The van der Waals surface area contributed by atoms with E-state index in [2.05, 4.69) is 36.8 Å². The minimum absolute atomic E-state index is 0.931. The van der Waals surface area contributed by atoms with Gasteiger partial charge >= 0.3 is 0 Å². The molecule has 0 saturated heterocycles. The molecule has 0 spiro atoms. The van der Waals surface area contributed by atoms with Crippen molar-refractivity contribution in [2.45, 2.75) is 18.7 Å². The summed E-state index contributed by atoms with van der Waals surface area (Å²) >= 11 is 0. The van der Waals surface area contributed by atoms with E-state index < -0.39 is 10.1 Å². The molecule has 0 amide bonds. The molecule has 2 aromatic rings. The summed E-state index contributed by atoms with van der Waals surface area (Å²) in [7, 11) is -2.49. The second-order valence-electron chi connectivity index (χ2n) is 5.04. The summed E-state index contributed by atoms with van der Waals surface area (Å²) in [5.41, 5.74) is 5.73. The van der Waals surface area contributed by atoms with E-state index in [0.717, 1.165) is 21.7 Å². The third-order valence-corrected chi connectivity index (χ3v) is 5.60. The van der Waals surface area contributed by atoms with Crippen LogP contribution in [0.25, 0.3) is 11.1 Å². The van der Waals surface area contributed by atoms with Gasteiger partial charge in [-0.3, -0.25) is 4.21 Å². The minimum Gasteiger partial charge on any atom is -0.323 e. The summed E-state index contributed by atoms with van der Waals surface area (Å²) in [6.45, 7) is 4.19. The molecule has 1 N–H and O–H groups in total. The minimum atomic E-state index is -2.49. The smallest absolute Gasteiger partial charge is 0.0528 e. The number of benzene rings is 2. The predicted octanol–water partition coefficient (Wildman–Crippen LogP) is 3.32. The van der Waals surface area contributed by atoms with Crippen molar-refractivity contribution >= 4 is 15.8 Å². The van der Waals surface area contributed by atoms with Crippen LogP contribution >= 0.6 is 0 Å². The van der Waals surface area contributed by atoms with E-state index in [9.17, 15) is 4.21 Å². The molecular formula is C15H17NOS. The Morgan fingerprint density at radius 2 is 1.67 bits per heavy atom. The average Bonchev–Trinajstić information content (AvgIpc) is 2.32. The maximum absolute atomic E-state index is 12.7. The zero-order valence-corrected chi connectivity index (χ0v) is 11.7. The molecule has 3 heteroatoms. The van der Waals surface area contributed by atoms with E-state index in [0.29, 0.717) is 0 Å². The first kappa shape index (κ1) is 11.5. The maximum atomic E-state index is 12.7. The first-order chi connectivity index (χ1) is 8.49. The third-order valence-electron chi connectivity index (χ3n) is 3.62. The van der Waals surface area contributed by atoms with Gasteiger partial charge in [-0.15, -0.1) is 0 Å². The van der Waals surface area contributed by atoms with Crippen molar-refractivity contribution in [3.63, 3.8) is 0 Å². The van der Waals surface area contributed by atoms with Crippen molar-refractivity contribution in [3.05, 3.63) is 47.5 Å². The lowest BCUT2D eigenvalue weighted by atomic mass is 9.98. The highest BCUT2D eigenvalue weighted by Gasteiger charge is 2.24. The highest BCUT2D eigenvalue weighted by molar-refractivity contribution is 8.03. The van der Waals surface area contributed by atoms with Crippen LogP contribution in [0.3, 0.4) is 0 Å². The molecule has 1 aliphatic rings. The fourth-order valence-electron chi connectivity index (χ4n) is 2.50. The van der Waals surface area contributed by atoms with Crippen molar-refractivity contribution < 1.29 is 4.21 Å². The number of fused-ring (bicyclic) bond motifs is 3.